The number of aromatic nitrogens is 4. The van der Waals surface area contributed by atoms with E-state index < -0.39 is 5.54 Å². The van der Waals surface area contributed by atoms with E-state index in [0.29, 0.717) is 22.8 Å². The Morgan fingerprint density at radius 3 is 2.61 bits per heavy atom. The van der Waals surface area contributed by atoms with Crippen molar-refractivity contribution in [3.05, 3.63) is 70.9 Å². The van der Waals surface area contributed by atoms with E-state index in [9.17, 15) is 9.59 Å². The summed E-state index contributed by atoms with van der Waals surface area (Å²) in [5, 5.41) is 15.1. The average molecular weight is 486 g/mol. The van der Waals surface area contributed by atoms with Gasteiger partial charge in [-0.1, -0.05) is 12.1 Å². The third kappa shape index (κ3) is 4.49. The molecule has 0 radical (unpaired) electrons. The van der Waals surface area contributed by atoms with E-state index in [0.717, 1.165) is 42.6 Å². The molecule has 1 aliphatic rings. The maximum atomic E-state index is 12.7. The number of carbonyl (C=O) groups excluding carboxylic acids is 1. The zero-order valence-corrected chi connectivity index (χ0v) is 20.8. The van der Waals surface area contributed by atoms with E-state index >= 15 is 0 Å². The fourth-order valence-electron chi connectivity index (χ4n) is 4.75. The number of H-pyrrole nitrogens is 1. The highest BCUT2D eigenvalue weighted by Gasteiger charge is 2.30. The van der Waals surface area contributed by atoms with E-state index in [2.05, 4.69) is 38.2 Å². The monoisotopic (exact) mass is 485 g/mol. The summed E-state index contributed by atoms with van der Waals surface area (Å²) in [6.45, 7) is 5.70. The van der Waals surface area contributed by atoms with Crippen LogP contribution in [0.3, 0.4) is 0 Å². The first-order valence-corrected chi connectivity index (χ1v) is 12.2. The number of likely N-dealkylation sites (N-methyl/N-ethyl adjacent to an activating group) is 1. The molecule has 0 bridgehead atoms. The van der Waals surface area contributed by atoms with E-state index in [1.807, 2.05) is 24.3 Å². The van der Waals surface area contributed by atoms with Gasteiger partial charge in [-0.15, -0.1) is 0 Å². The molecule has 1 aliphatic heterocycles. The molecule has 1 amide bonds. The Morgan fingerprint density at radius 1 is 1.14 bits per heavy atom. The number of piperidine rings is 1. The van der Waals surface area contributed by atoms with Gasteiger partial charge in [-0.3, -0.25) is 14.3 Å². The van der Waals surface area contributed by atoms with Crippen LogP contribution in [-0.2, 0) is 10.3 Å². The number of nitrogens with zero attached hydrogens (tertiary/aromatic N) is 3. The second kappa shape index (κ2) is 9.58. The summed E-state index contributed by atoms with van der Waals surface area (Å²) in [7, 11) is 1.60. The van der Waals surface area contributed by atoms with Crippen LogP contribution in [0, 0.1) is 0 Å². The van der Waals surface area contributed by atoms with Gasteiger partial charge in [0.2, 0.25) is 5.91 Å². The number of pyridine rings is 2. The van der Waals surface area contributed by atoms with Gasteiger partial charge in [0.05, 0.1) is 17.3 Å². The molecular formula is C27H31N7O2. The molecule has 0 atom stereocenters. The lowest BCUT2D eigenvalue weighted by Crippen LogP contribution is -2.43. The Labute approximate surface area is 209 Å². The minimum atomic E-state index is -0.863. The number of benzene rings is 1. The van der Waals surface area contributed by atoms with Gasteiger partial charge < -0.3 is 20.9 Å². The van der Waals surface area contributed by atoms with Gasteiger partial charge in [0.25, 0.3) is 5.56 Å². The lowest BCUT2D eigenvalue weighted by molar-refractivity contribution is -0.128. The van der Waals surface area contributed by atoms with Gasteiger partial charge in [0.15, 0.2) is 0 Å². The van der Waals surface area contributed by atoms with Crippen molar-refractivity contribution >= 4 is 28.2 Å². The first-order chi connectivity index (χ1) is 17.4. The predicted molar refractivity (Wildman–Crippen MR) is 142 cm³/mol. The maximum absolute atomic E-state index is 12.7. The summed E-state index contributed by atoms with van der Waals surface area (Å²) in [6, 6.07) is 12.1. The number of carbonyl (C=O) groups is 1. The number of fused-ring (bicyclic) bond motifs is 1. The van der Waals surface area contributed by atoms with Crippen LogP contribution in [-0.4, -0.2) is 45.8 Å². The molecule has 0 aliphatic carbocycles. The molecule has 0 spiro atoms. The number of rotatable bonds is 6. The average Bonchev–Trinajstić information content (AvgIpc) is 3.40. The topological polar surface area (TPSA) is 117 Å². The van der Waals surface area contributed by atoms with Crippen LogP contribution in [0.2, 0.25) is 0 Å². The van der Waals surface area contributed by atoms with E-state index in [1.165, 1.54) is 5.56 Å². The molecule has 4 heterocycles. The Morgan fingerprint density at radius 2 is 1.89 bits per heavy atom. The quantitative estimate of drug-likeness (QED) is 0.332. The molecule has 0 unspecified atom stereocenters. The molecule has 9 nitrogen and oxygen atoms in total. The van der Waals surface area contributed by atoms with Crippen LogP contribution in [0.15, 0.2) is 59.8 Å². The Kier molecular flexibility index (Phi) is 6.32. The third-order valence-electron chi connectivity index (χ3n) is 6.97. The molecule has 9 heteroatoms. The normalized spacial score (nSPS) is 14.6. The zero-order valence-electron chi connectivity index (χ0n) is 20.8. The number of amides is 1. The summed E-state index contributed by atoms with van der Waals surface area (Å²) in [5.74, 6) is 0.892. The number of aromatic amines is 1. The molecule has 186 valence electrons. The molecule has 36 heavy (non-hydrogen) atoms. The summed E-state index contributed by atoms with van der Waals surface area (Å²) in [4.78, 5) is 32.6. The summed E-state index contributed by atoms with van der Waals surface area (Å²) in [6.07, 6.45) is 7.39. The molecule has 1 fully saturated rings. The van der Waals surface area contributed by atoms with Gasteiger partial charge in [-0.25, -0.2) is 4.98 Å². The van der Waals surface area contributed by atoms with Gasteiger partial charge in [-0.05, 0) is 80.9 Å². The van der Waals surface area contributed by atoms with E-state index in [1.54, 1.807) is 44.2 Å². The highest BCUT2D eigenvalue weighted by atomic mass is 16.2. The maximum Gasteiger partial charge on any atom is 0.259 e. The van der Waals surface area contributed by atoms with Gasteiger partial charge in [-0.2, -0.15) is 5.10 Å². The van der Waals surface area contributed by atoms with Crippen LogP contribution in [0.1, 0.15) is 38.2 Å². The van der Waals surface area contributed by atoms with Crippen LogP contribution in [0.25, 0.3) is 22.0 Å². The van der Waals surface area contributed by atoms with Crippen molar-refractivity contribution in [2.75, 3.05) is 25.5 Å². The highest BCUT2D eigenvalue weighted by Crippen LogP contribution is 2.30. The highest BCUT2D eigenvalue weighted by molar-refractivity contribution is 5.95. The third-order valence-corrected chi connectivity index (χ3v) is 6.97. The number of nitrogens with one attached hydrogen (secondary N) is 4. The van der Waals surface area contributed by atoms with E-state index in [-0.39, 0.29) is 11.5 Å². The zero-order chi connectivity index (χ0) is 25.3. The van der Waals surface area contributed by atoms with Crippen LogP contribution in [0.5, 0.6) is 0 Å². The summed E-state index contributed by atoms with van der Waals surface area (Å²) >= 11 is 0. The summed E-state index contributed by atoms with van der Waals surface area (Å²) < 4.78 is 1.62. The van der Waals surface area contributed by atoms with Crippen molar-refractivity contribution < 1.29 is 4.79 Å². The molecule has 3 aromatic heterocycles. The predicted octanol–water partition coefficient (Wildman–Crippen LogP) is 3.48. The first kappa shape index (κ1) is 23.7. The fraction of sp³-hybridized carbons (Fsp3) is 0.333. The van der Waals surface area contributed by atoms with Crippen molar-refractivity contribution in [2.45, 2.75) is 38.1 Å². The molecule has 1 saturated heterocycles. The molecule has 4 N–H and O–H groups in total. The van der Waals surface area contributed by atoms with Gasteiger partial charge >= 0.3 is 0 Å². The van der Waals surface area contributed by atoms with Crippen molar-refractivity contribution in [1.82, 2.24) is 30.4 Å². The lowest BCUT2D eigenvalue weighted by atomic mass is 9.90. The lowest BCUT2D eigenvalue weighted by Gasteiger charge is -2.23. The first-order valence-electron chi connectivity index (χ1n) is 12.2. The SMILES string of the molecule is CNC(=O)C(C)(C)n1cc(-c2cc3cc[nH]c(=O)c3c(Nc3ccc(C4CCNCC4)cc3)n2)cn1. The van der Waals surface area contributed by atoms with Crippen LogP contribution in [0.4, 0.5) is 11.5 Å². The van der Waals surface area contributed by atoms with Crippen molar-refractivity contribution in [1.29, 1.82) is 0 Å². The second-order valence-electron chi connectivity index (χ2n) is 9.71. The smallest absolute Gasteiger partial charge is 0.259 e. The van der Waals surface area contributed by atoms with Crippen molar-refractivity contribution in [3.63, 3.8) is 0 Å². The number of hydrogen-bond acceptors (Lipinski definition) is 6. The largest absolute Gasteiger partial charge is 0.357 e. The number of hydrogen-bond donors (Lipinski definition) is 4. The van der Waals surface area contributed by atoms with E-state index in [4.69, 9.17) is 4.98 Å². The second-order valence-corrected chi connectivity index (χ2v) is 9.71. The Hall–Kier alpha value is -3.98. The minimum absolute atomic E-state index is 0.148. The van der Waals surface area contributed by atoms with Crippen LogP contribution < -0.4 is 21.5 Å². The Balaban J connectivity index is 1.50. The Bertz CT molecular complexity index is 1450. The van der Waals surface area contributed by atoms with Gasteiger partial charge in [0, 0.05) is 30.7 Å². The molecular weight excluding hydrogens is 454 g/mol. The standard InChI is InChI=1S/C27H31N7O2/c1-27(2,26(36)28-3)34-16-20(15-31-34)22-14-19-10-13-30-25(35)23(19)24(33-22)32-21-6-4-17(5-7-21)18-8-11-29-12-9-18/h4-7,10,13-16,18,29H,8-9,11-12H2,1-3H3,(H,28,36)(H,30,35)(H,32,33). The van der Waals surface area contributed by atoms with Crippen LogP contribution >= 0.6 is 0 Å². The van der Waals surface area contributed by atoms with Crippen molar-refractivity contribution in [2.24, 2.45) is 0 Å². The summed E-state index contributed by atoms with van der Waals surface area (Å²) in [5.41, 5.74) is 2.52. The molecule has 1 aromatic carbocycles. The van der Waals surface area contributed by atoms with Gasteiger partial charge in [0.1, 0.15) is 11.4 Å². The van der Waals surface area contributed by atoms with Crippen molar-refractivity contribution in [3.8, 4) is 11.3 Å². The molecule has 0 saturated carbocycles. The minimum Gasteiger partial charge on any atom is -0.357 e. The molecule has 5 rings (SSSR count). The molecule has 4 aromatic rings. The fourth-order valence-corrected chi connectivity index (χ4v) is 4.75. The number of anilines is 2.